The van der Waals surface area contributed by atoms with Crippen LogP contribution in [-0.2, 0) is 48.5 Å². The minimum Gasteiger partial charge on any atom is -0.862 e. The molecule has 0 spiro atoms. The van der Waals surface area contributed by atoms with E-state index in [0.29, 0.717) is 24.6 Å². The molecule has 0 radical (unpaired) electrons. The van der Waals surface area contributed by atoms with Crippen molar-refractivity contribution in [3.8, 4) is 0 Å². The summed E-state index contributed by atoms with van der Waals surface area (Å²) in [4.78, 5) is 12.0. The Labute approximate surface area is 447 Å². The van der Waals surface area contributed by atoms with Crippen LogP contribution in [0.1, 0.15) is 162 Å². The molecule has 0 unspecified atom stereocenters. The van der Waals surface area contributed by atoms with Crippen LogP contribution in [-0.4, -0.2) is 111 Å². The Balaban J connectivity index is -0.0000120. The minimum atomic E-state index is -5.51. The van der Waals surface area contributed by atoms with E-state index in [1.165, 1.54) is 57.8 Å². The van der Waals surface area contributed by atoms with Crippen molar-refractivity contribution < 1.29 is 160 Å². The van der Waals surface area contributed by atoms with Gasteiger partial charge < -0.3 is 25.0 Å². The number of thioether (sulfide) groups is 1. The van der Waals surface area contributed by atoms with Crippen molar-refractivity contribution in [2.45, 2.75) is 198 Å². The molecular weight excluding hydrogens is 940 g/mol. The van der Waals surface area contributed by atoms with Gasteiger partial charge in [-0.3, -0.25) is 23.6 Å². The number of hydrogen-bond acceptors (Lipinski definition) is 17. The normalized spacial score (nSPS) is 20.7. The van der Waals surface area contributed by atoms with Gasteiger partial charge in [-0.05, 0) is 43.9 Å². The number of nitrogens with zero attached hydrogens (tertiary/aromatic N) is 3. The first-order chi connectivity index (χ1) is 28.3. The van der Waals surface area contributed by atoms with Crippen molar-refractivity contribution in [1.29, 1.82) is 0 Å². The van der Waals surface area contributed by atoms with Crippen molar-refractivity contribution >= 4 is 60.7 Å². The van der Waals surface area contributed by atoms with Crippen molar-refractivity contribution in [3.05, 3.63) is 0 Å². The summed E-state index contributed by atoms with van der Waals surface area (Å²) in [5.74, 6) is -2.69. The van der Waals surface area contributed by atoms with E-state index in [4.69, 9.17) is 4.74 Å². The molecular formula is C37H68N3Na3O16S4. The Morgan fingerprint density at radius 1 is 0.651 bits per heavy atom. The molecule has 63 heavy (non-hydrogen) atoms. The Morgan fingerprint density at radius 3 is 1.51 bits per heavy atom. The van der Waals surface area contributed by atoms with Crippen molar-refractivity contribution in [1.82, 2.24) is 0 Å². The van der Waals surface area contributed by atoms with Crippen LogP contribution in [0.15, 0.2) is 15.0 Å². The van der Waals surface area contributed by atoms with Crippen LogP contribution in [0.2, 0.25) is 0 Å². The Bertz CT molecular complexity index is 1610. The van der Waals surface area contributed by atoms with Gasteiger partial charge in [0.2, 0.25) is 0 Å². The smallest absolute Gasteiger partial charge is 0.862 e. The van der Waals surface area contributed by atoms with Gasteiger partial charge in [0.25, 0.3) is 0 Å². The number of unbranched alkanes of at least 4 members (excludes halogenated alkanes) is 19. The van der Waals surface area contributed by atoms with Crippen LogP contribution in [0.3, 0.4) is 0 Å². The molecule has 0 amide bonds. The molecule has 0 aromatic heterocycles. The predicted octanol–water partition coefficient (Wildman–Crippen LogP) is -4.69. The molecule has 0 aliphatic carbocycles. The molecule has 3 N–H and O–H groups in total. The zero-order chi connectivity index (χ0) is 45.0. The van der Waals surface area contributed by atoms with Crippen LogP contribution in [0.5, 0.6) is 0 Å². The van der Waals surface area contributed by atoms with E-state index >= 15 is 0 Å². The Kier molecular flexibility index (Phi) is 42.6. The van der Waals surface area contributed by atoms with Gasteiger partial charge in [-0.15, -0.1) is 11.8 Å². The fourth-order valence-electron chi connectivity index (χ4n) is 6.59. The molecule has 1 aliphatic rings. The van der Waals surface area contributed by atoms with E-state index in [-0.39, 0.29) is 102 Å². The molecule has 1 heterocycles. The van der Waals surface area contributed by atoms with Gasteiger partial charge in [-0.2, -0.15) is 25.3 Å². The van der Waals surface area contributed by atoms with E-state index in [0.717, 1.165) is 71.1 Å². The van der Waals surface area contributed by atoms with Crippen LogP contribution in [0.25, 0.3) is 0 Å². The molecule has 0 aromatic carbocycles. The summed E-state index contributed by atoms with van der Waals surface area (Å²) in [5.41, 5.74) is -1.63. The van der Waals surface area contributed by atoms with Gasteiger partial charge in [0.1, 0.15) is 29.8 Å². The first-order valence-electron chi connectivity index (χ1n) is 21.1. The van der Waals surface area contributed by atoms with Crippen molar-refractivity contribution in [3.63, 3.8) is 0 Å². The first kappa shape index (κ1) is 68.6. The minimum absolute atomic E-state index is 0. The predicted molar refractivity (Wildman–Crippen MR) is 225 cm³/mol. The van der Waals surface area contributed by atoms with E-state index < -0.39 is 97.1 Å². The largest absolute Gasteiger partial charge is 1.00 e. The molecule has 1 fully saturated rings. The monoisotopic (exact) mass is 1010 g/mol. The molecule has 0 bridgehead atoms. The van der Waals surface area contributed by atoms with Gasteiger partial charge in [0.15, 0.2) is 0 Å². The van der Waals surface area contributed by atoms with E-state index in [9.17, 15) is 54.2 Å². The molecule has 19 nitrogen and oxygen atoms in total. The van der Waals surface area contributed by atoms with Crippen molar-refractivity contribution in [2.75, 3.05) is 18.9 Å². The average Bonchev–Trinajstić information content (AvgIpc) is 3.14. The van der Waals surface area contributed by atoms with Crippen molar-refractivity contribution in [2.24, 2.45) is 15.0 Å². The van der Waals surface area contributed by atoms with Gasteiger partial charge in [0.05, 0.1) is 12.6 Å². The number of hydrogen-bond donors (Lipinski definition) is 3. The third-order valence-electron chi connectivity index (χ3n) is 9.57. The van der Waals surface area contributed by atoms with Crippen LogP contribution < -0.4 is 104 Å². The summed E-state index contributed by atoms with van der Waals surface area (Å²) in [5, 5.41) is 38.8. The number of rotatable bonds is 36. The maximum atomic E-state index is 13.5. The standard InChI is InChI=1S/C37H71N3O16S4.3Na/c1-4-6-8-10-12-14-15-16-18-20-22-24-26-38-36(43)30(40-32(42)25-23-21-19-17-13-11-9-7-5-2)28-57-37-33(39-29(3)41)35(56-60(50,51)52)34(55-59(47,48)49)31(54-37)27-53-58(44,45)46;;;/h30-31,33-35,37H,4-28H2,1-3H3,(H,38,43)(H,39,41)(H,40,42)(H,44,45,46)(H,47,48,49)(H,50,51,52);;;/q;3*+1/p-3/t30-,31+,33+,34-,35+,37-;;;/m0.../s1. The van der Waals surface area contributed by atoms with Crippen LogP contribution in [0.4, 0.5) is 0 Å². The molecule has 354 valence electrons. The second-order valence-electron chi connectivity index (χ2n) is 14.9. The fraction of sp³-hybridized carbons (Fsp3) is 0.919. The van der Waals surface area contributed by atoms with E-state index in [1.54, 1.807) is 0 Å². The molecule has 0 saturated carbocycles. The summed E-state index contributed by atoms with van der Waals surface area (Å²) in [6.07, 6.45) is 15.7. The van der Waals surface area contributed by atoms with Crippen LogP contribution >= 0.6 is 11.8 Å². The van der Waals surface area contributed by atoms with Gasteiger partial charge >= 0.3 is 120 Å². The quantitative estimate of drug-likeness (QED) is 0.0175. The summed E-state index contributed by atoms with van der Waals surface area (Å²) < 4.78 is 118. The van der Waals surface area contributed by atoms with Gasteiger partial charge in [-0.1, -0.05) is 136 Å². The van der Waals surface area contributed by atoms with E-state index in [2.05, 4.69) is 41.4 Å². The zero-order valence-electron chi connectivity index (χ0n) is 38.3. The molecule has 1 aliphatic heterocycles. The first-order valence-corrected chi connectivity index (χ1v) is 26.3. The topological polar surface area (TPSA) is 306 Å². The van der Waals surface area contributed by atoms with Crippen LogP contribution in [0, 0.1) is 0 Å². The number of ether oxygens (including phenoxy) is 1. The summed E-state index contributed by atoms with van der Waals surface area (Å²) >= 11 is 0.631. The molecule has 1 saturated heterocycles. The molecule has 0 aromatic rings. The SMILES string of the molecule is CCCCCCCCCCCCCCN=C([O-])[C@H](CS[C@@H]1O[C@H](COS(=O)(=O)O)[C@H](OS(=O)(=O)O)[C@H](OS(=O)(=O)O)[C@H]1N=C(C)[O-])N=C([O-])CCCCCCCCCCC.[Na+].[Na+].[Na+]. The average molecular weight is 1010 g/mol. The molecule has 6 atom stereocenters. The zero-order valence-corrected chi connectivity index (χ0v) is 47.5. The number of aliphatic imine (C=N–C) groups is 3. The Hall–Kier alpha value is 1.33. The Morgan fingerprint density at radius 2 is 1.08 bits per heavy atom. The summed E-state index contributed by atoms with van der Waals surface area (Å²) in [6.45, 7) is 4.17. The maximum Gasteiger partial charge on any atom is 1.00 e. The second-order valence-corrected chi connectivity index (χ2v) is 19.2. The fourth-order valence-corrected chi connectivity index (χ4v) is 9.14. The van der Waals surface area contributed by atoms with Gasteiger partial charge in [-0.25, -0.2) is 12.5 Å². The van der Waals surface area contributed by atoms with E-state index in [1.807, 2.05) is 0 Å². The summed E-state index contributed by atoms with van der Waals surface area (Å²) in [7, 11) is -16.3. The molecule has 1 rings (SSSR count). The third kappa shape index (κ3) is 36.9. The van der Waals surface area contributed by atoms with Gasteiger partial charge in [0, 0.05) is 12.3 Å². The molecule has 26 heteroatoms. The maximum absolute atomic E-state index is 13.5. The second kappa shape index (κ2) is 39.1. The third-order valence-corrected chi connectivity index (χ3v) is 12.2. The summed E-state index contributed by atoms with van der Waals surface area (Å²) in [6, 6.07) is -3.28.